The first-order valence-corrected chi connectivity index (χ1v) is 7.39. The van der Waals surface area contributed by atoms with Crippen LogP contribution in [0.15, 0.2) is 28.7 Å². The van der Waals surface area contributed by atoms with E-state index in [4.69, 9.17) is 0 Å². The van der Waals surface area contributed by atoms with Gasteiger partial charge in [-0.2, -0.15) is 13.2 Å². The molecule has 2 atom stereocenters. The molecule has 1 aliphatic heterocycles. The molecule has 0 aliphatic carbocycles. The molecule has 7 heteroatoms. The molecule has 1 unspecified atom stereocenters. The Labute approximate surface area is 129 Å². The van der Waals surface area contributed by atoms with Crippen molar-refractivity contribution in [3.05, 3.63) is 34.3 Å². The first-order chi connectivity index (χ1) is 9.76. The Morgan fingerprint density at radius 3 is 2.71 bits per heavy atom. The number of carbonyl (C=O) groups excluding carboxylic acids is 1. The van der Waals surface area contributed by atoms with E-state index < -0.39 is 23.5 Å². The molecule has 0 spiro atoms. The van der Waals surface area contributed by atoms with Gasteiger partial charge in [0.05, 0.1) is 6.04 Å². The molecular weight excluding hydrogens is 349 g/mol. The Morgan fingerprint density at radius 1 is 1.48 bits per heavy atom. The zero-order valence-corrected chi connectivity index (χ0v) is 13.0. The summed E-state index contributed by atoms with van der Waals surface area (Å²) in [5.74, 6) is -0.965. The molecule has 1 heterocycles. The monoisotopic (exact) mass is 364 g/mol. The van der Waals surface area contributed by atoms with Gasteiger partial charge in [-0.3, -0.25) is 4.79 Å². The second-order valence-corrected chi connectivity index (χ2v) is 6.17. The average molecular weight is 365 g/mol. The third-order valence-corrected chi connectivity index (χ3v) is 4.32. The number of alkyl halides is 3. The summed E-state index contributed by atoms with van der Waals surface area (Å²) in [6, 6.07) is 6.64. The van der Waals surface area contributed by atoms with Crippen molar-refractivity contribution in [1.82, 2.24) is 10.6 Å². The summed E-state index contributed by atoms with van der Waals surface area (Å²) in [5, 5.41) is 5.13. The molecule has 1 aromatic rings. The highest BCUT2D eigenvalue weighted by molar-refractivity contribution is 9.10. The molecule has 0 saturated carbocycles. The predicted molar refractivity (Wildman–Crippen MR) is 76.7 cm³/mol. The van der Waals surface area contributed by atoms with E-state index >= 15 is 0 Å². The summed E-state index contributed by atoms with van der Waals surface area (Å²) in [6.45, 7) is 1.50. The second kappa shape index (κ2) is 5.96. The molecule has 1 amide bonds. The summed E-state index contributed by atoms with van der Waals surface area (Å²) in [6.07, 6.45) is -4.79. The molecular formula is C14H16BrF3N2O. The van der Waals surface area contributed by atoms with Crippen molar-refractivity contribution in [2.75, 3.05) is 13.1 Å². The maximum Gasteiger partial charge on any atom is 0.404 e. The maximum absolute atomic E-state index is 13.3. The summed E-state index contributed by atoms with van der Waals surface area (Å²) < 4.78 is 40.6. The molecule has 21 heavy (non-hydrogen) atoms. The summed E-state index contributed by atoms with van der Waals surface area (Å²) in [4.78, 5) is 12.2. The van der Waals surface area contributed by atoms with Gasteiger partial charge in [0, 0.05) is 11.0 Å². The van der Waals surface area contributed by atoms with Crippen LogP contribution in [0.1, 0.15) is 24.9 Å². The van der Waals surface area contributed by atoms with Gasteiger partial charge < -0.3 is 10.6 Å². The van der Waals surface area contributed by atoms with Crippen molar-refractivity contribution in [2.45, 2.75) is 25.6 Å². The van der Waals surface area contributed by atoms with Crippen molar-refractivity contribution in [2.24, 2.45) is 5.41 Å². The molecule has 0 aromatic heterocycles. The molecule has 0 bridgehead atoms. The Bertz CT molecular complexity index is 527. The number of carbonyl (C=O) groups is 1. The molecule has 0 radical (unpaired) electrons. The second-order valence-electron chi connectivity index (χ2n) is 5.26. The van der Waals surface area contributed by atoms with E-state index in [0.717, 1.165) is 10.0 Å². The number of benzene rings is 1. The van der Waals surface area contributed by atoms with Gasteiger partial charge >= 0.3 is 6.18 Å². The summed E-state index contributed by atoms with van der Waals surface area (Å²) >= 11 is 3.30. The van der Waals surface area contributed by atoms with Gasteiger partial charge in [0.2, 0.25) is 5.91 Å². The lowest BCUT2D eigenvalue weighted by atomic mass is 9.84. The van der Waals surface area contributed by atoms with Crippen molar-refractivity contribution in [3.63, 3.8) is 0 Å². The lowest BCUT2D eigenvalue weighted by molar-refractivity contribution is -0.216. The summed E-state index contributed by atoms with van der Waals surface area (Å²) in [5.41, 5.74) is -1.58. The first kappa shape index (κ1) is 16.3. The van der Waals surface area contributed by atoms with Gasteiger partial charge in [0.25, 0.3) is 0 Å². The third kappa shape index (κ3) is 3.23. The zero-order chi connectivity index (χ0) is 15.7. The Morgan fingerprint density at radius 2 is 2.19 bits per heavy atom. The number of nitrogens with one attached hydrogen (secondary N) is 2. The van der Waals surface area contributed by atoms with Gasteiger partial charge in [-0.25, -0.2) is 0 Å². The average Bonchev–Trinajstić information content (AvgIpc) is 2.88. The van der Waals surface area contributed by atoms with E-state index in [1.807, 2.05) is 6.07 Å². The number of rotatable bonds is 3. The summed E-state index contributed by atoms with van der Waals surface area (Å²) in [7, 11) is 0. The topological polar surface area (TPSA) is 41.1 Å². The van der Waals surface area contributed by atoms with E-state index in [-0.39, 0.29) is 19.5 Å². The van der Waals surface area contributed by atoms with Crippen LogP contribution in [0.25, 0.3) is 0 Å². The van der Waals surface area contributed by atoms with Gasteiger partial charge in [-0.1, -0.05) is 28.1 Å². The van der Waals surface area contributed by atoms with Crippen LogP contribution >= 0.6 is 15.9 Å². The normalized spacial score (nSPS) is 23.9. The fourth-order valence-corrected chi connectivity index (χ4v) is 2.87. The van der Waals surface area contributed by atoms with Crippen LogP contribution in [0.5, 0.6) is 0 Å². The van der Waals surface area contributed by atoms with Crippen LogP contribution in [-0.4, -0.2) is 25.2 Å². The van der Waals surface area contributed by atoms with Crippen molar-refractivity contribution >= 4 is 21.8 Å². The van der Waals surface area contributed by atoms with Crippen molar-refractivity contribution < 1.29 is 18.0 Å². The predicted octanol–water partition coefficient (Wildman–Crippen LogP) is 3.17. The third-order valence-electron chi connectivity index (χ3n) is 3.83. The van der Waals surface area contributed by atoms with Crippen LogP contribution in [0.4, 0.5) is 13.2 Å². The minimum absolute atomic E-state index is 0.193. The van der Waals surface area contributed by atoms with E-state index in [1.165, 1.54) is 0 Å². The van der Waals surface area contributed by atoms with E-state index in [2.05, 4.69) is 26.6 Å². The molecule has 2 N–H and O–H groups in total. The van der Waals surface area contributed by atoms with E-state index in [0.29, 0.717) is 0 Å². The zero-order valence-electron chi connectivity index (χ0n) is 11.4. The largest absolute Gasteiger partial charge is 0.404 e. The van der Waals surface area contributed by atoms with E-state index in [9.17, 15) is 18.0 Å². The fraction of sp³-hybridized carbons (Fsp3) is 0.500. The molecule has 3 nitrogen and oxygen atoms in total. The van der Waals surface area contributed by atoms with Crippen molar-refractivity contribution in [3.8, 4) is 0 Å². The standard InChI is InChI=1S/C14H16BrF3N2O/c1-9(10-3-2-4-11(15)7-10)20-12(21)13(14(16,17)18)5-6-19-8-13/h2-4,7,9,19H,5-6,8H2,1H3,(H,20,21)/t9-,13?/m0/s1. The number of halogens is 4. The molecule has 2 rings (SSSR count). The van der Waals surface area contributed by atoms with Crippen LogP contribution in [0.3, 0.4) is 0 Å². The fourth-order valence-electron chi connectivity index (χ4n) is 2.45. The highest BCUT2D eigenvalue weighted by atomic mass is 79.9. The van der Waals surface area contributed by atoms with Crippen LogP contribution in [0.2, 0.25) is 0 Å². The smallest absolute Gasteiger partial charge is 0.349 e. The maximum atomic E-state index is 13.3. The molecule has 1 aliphatic rings. The highest BCUT2D eigenvalue weighted by Gasteiger charge is 2.61. The number of amides is 1. The lowest BCUT2D eigenvalue weighted by Crippen LogP contribution is -2.52. The highest BCUT2D eigenvalue weighted by Crippen LogP contribution is 2.43. The number of hydrogen-bond donors (Lipinski definition) is 2. The van der Waals surface area contributed by atoms with E-state index in [1.54, 1.807) is 25.1 Å². The van der Waals surface area contributed by atoms with Gasteiger partial charge in [0.1, 0.15) is 0 Å². The molecule has 1 saturated heterocycles. The minimum atomic E-state index is -4.56. The Kier molecular flexibility index (Phi) is 4.63. The molecule has 1 fully saturated rings. The van der Waals surface area contributed by atoms with Crippen LogP contribution < -0.4 is 10.6 Å². The van der Waals surface area contributed by atoms with Gasteiger partial charge in [0.15, 0.2) is 5.41 Å². The minimum Gasteiger partial charge on any atom is -0.349 e. The Hall–Kier alpha value is -1.08. The molecule has 1 aromatic carbocycles. The lowest BCUT2D eigenvalue weighted by Gasteiger charge is -2.31. The Balaban J connectivity index is 2.16. The quantitative estimate of drug-likeness (QED) is 0.864. The van der Waals surface area contributed by atoms with Gasteiger partial charge in [-0.05, 0) is 37.6 Å². The molecule has 116 valence electrons. The van der Waals surface area contributed by atoms with Crippen LogP contribution in [-0.2, 0) is 4.79 Å². The first-order valence-electron chi connectivity index (χ1n) is 6.60. The van der Waals surface area contributed by atoms with Crippen LogP contribution in [0, 0.1) is 5.41 Å². The van der Waals surface area contributed by atoms with Gasteiger partial charge in [-0.15, -0.1) is 0 Å². The van der Waals surface area contributed by atoms with Crippen molar-refractivity contribution in [1.29, 1.82) is 0 Å². The SMILES string of the molecule is C[C@H](NC(=O)C1(C(F)(F)F)CCNC1)c1cccc(Br)c1. The number of hydrogen-bond acceptors (Lipinski definition) is 2.